The zero-order valence-corrected chi connectivity index (χ0v) is 21.8. The summed E-state index contributed by atoms with van der Waals surface area (Å²) in [7, 11) is 0. The van der Waals surface area contributed by atoms with Crippen LogP contribution < -0.4 is 5.32 Å². The highest BCUT2D eigenvalue weighted by Crippen LogP contribution is 2.51. The normalized spacial score (nSPS) is 24.4. The molecule has 2 aliphatic carbocycles. The fourth-order valence-corrected chi connectivity index (χ4v) is 6.23. The van der Waals surface area contributed by atoms with Crippen molar-refractivity contribution >= 4 is 17.6 Å². The molecule has 1 heterocycles. The molecule has 0 unspecified atom stereocenters. The Morgan fingerprint density at radius 2 is 1.73 bits per heavy atom. The highest BCUT2D eigenvalue weighted by atomic mass is 19.4. The predicted molar refractivity (Wildman–Crippen MR) is 134 cm³/mol. The standard InChI is InChI=1S/C29H37F3N2O3/c1-27(2)18-22-25(23(35)19-27)28(29(30,31)32,33-24(36)16-15-21-12-7-4-8-13-21)26(37)34(22)17-9-14-20-10-5-3-6-11-20/h3,5-6,10-11,21H,4,7-9,12-19H2,1-2H3,(H,33,36)/t28-/m1/s1. The number of nitrogens with one attached hydrogen (secondary N) is 1. The summed E-state index contributed by atoms with van der Waals surface area (Å²) in [6.07, 6.45) is 1.54. The molecule has 2 amide bonds. The van der Waals surface area contributed by atoms with Gasteiger partial charge >= 0.3 is 6.18 Å². The van der Waals surface area contributed by atoms with Gasteiger partial charge in [-0.05, 0) is 42.6 Å². The Balaban J connectivity index is 1.62. The monoisotopic (exact) mass is 518 g/mol. The second-order valence-corrected chi connectivity index (χ2v) is 11.6. The van der Waals surface area contributed by atoms with Gasteiger partial charge in [0, 0.05) is 25.1 Å². The number of halogens is 3. The number of carbonyl (C=O) groups excluding carboxylic acids is 3. The first-order valence-electron chi connectivity index (χ1n) is 13.4. The van der Waals surface area contributed by atoms with Crippen LogP contribution in [-0.4, -0.2) is 40.8 Å². The van der Waals surface area contributed by atoms with Crippen LogP contribution in [0.3, 0.4) is 0 Å². The third-order valence-corrected chi connectivity index (χ3v) is 8.07. The van der Waals surface area contributed by atoms with Crippen LogP contribution in [0.15, 0.2) is 41.6 Å². The Kier molecular flexibility index (Phi) is 7.86. The van der Waals surface area contributed by atoms with E-state index in [9.17, 15) is 27.6 Å². The maximum absolute atomic E-state index is 14.9. The summed E-state index contributed by atoms with van der Waals surface area (Å²) in [6, 6.07) is 9.51. The number of nitrogens with zero attached hydrogens (tertiary/aromatic N) is 1. The van der Waals surface area contributed by atoms with Gasteiger partial charge in [-0.15, -0.1) is 0 Å². The minimum absolute atomic E-state index is 0.0473. The SMILES string of the molecule is CC1(C)CC(=O)C2=C(C1)N(CCCc1ccccc1)C(=O)[C@@]2(NC(=O)CCC1CCCCC1)C(F)(F)F. The number of alkyl halides is 3. The number of hydrogen-bond acceptors (Lipinski definition) is 3. The quantitative estimate of drug-likeness (QED) is 0.467. The average Bonchev–Trinajstić information content (AvgIpc) is 3.06. The minimum atomic E-state index is -5.14. The fourth-order valence-electron chi connectivity index (χ4n) is 6.23. The molecule has 0 saturated heterocycles. The first kappa shape index (κ1) is 27.4. The molecule has 1 aliphatic heterocycles. The number of allylic oxidation sites excluding steroid dienone is 1. The van der Waals surface area contributed by atoms with Gasteiger partial charge in [0.25, 0.3) is 5.91 Å². The molecule has 3 aliphatic rings. The van der Waals surface area contributed by atoms with Crippen LogP contribution in [0.2, 0.25) is 0 Å². The van der Waals surface area contributed by atoms with E-state index < -0.39 is 40.3 Å². The molecule has 0 spiro atoms. The van der Waals surface area contributed by atoms with E-state index in [2.05, 4.69) is 5.32 Å². The summed E-state index contributed by atoms with van der Waals surface area (Å²) in [5, 5.41) is 2.08. The smallest absolute Gasteiger partial charge is 0.330 e. The summed E-state index contributed by atoms with van der Waals surface area (Å²) in [5.41, 5.74) is -3.34. The third kappa shape index (κ3) is 5.63. The molecule has 202 valence electrons. The third-order valence-electron chi connectivity index (χ3n) is 8.07. The Morgan fingerprint density at radius 1 is 1.05 bits per heavy atom. The average molecular weight is 519 g/mol. The van der Waals surface area contributed by atoms with Gasteiger partial charge in [-0.2, -0.15) is 13.2 Å². The predicted octanol–water partition coefficient (Wildman–Crippen LogP) is 5.88. The van der Waals surface area contributed by atoms with Crippen molar-refractivity contribution in [2.24, 2.45) is 11.3 Å². The van der Waals surface area contributed by atoms with E-state index in [4.69, 9.17) is 0 Å². The number of ketones is 1. The molecule has 8 heteroatoms. The van der Waals surface area contributed by atoms with Crippen molar-refractivity contribution in [2.75, 3.05) is 6.54 Å². The highest BCUT2D eigenvalue weighted by molar-refractivity contribution is 6.13. The van der Waals surface area contributed by atoms with Crippen LogP contribution in [-0.2, 0) is 20.8 Å². The van der Waals surface area contributed by atoms with Crippen molar-refractivity contribution in [2.45, 2.75) is 96.2 Å². The number of Topliss-reactive ketones (excluding diaryl/α,β-unsaturated/α-hetero) is 1. The molecule has 0 bridgehead atoms. The molecule has 37 heavy (non-hydrogen) atoms. The van der Waals surface area contributed by atoms with E-state index in [0.717, 1.165) is 42.6 Å². The topological polar surface area (TPSA) is 66.5 Å². The molecule has 0 radical (unpaired) electrons. The minimum Gasteiger partial charge on any atom is -0.330 e. The molecule has 0 aromatic heterocycles. The van der Waals surface area contributed by atoms with E-state index in [1.165, 1.54) is 0 Å². The van der Waals surface area contributed by atoms with Crippen molar-refractivity contribution < 1.29 is 27.6 Å². The van der Waals surface area contributed by atoms with Crippen molar-refractivity contribution in [1.29, 1.82) is 0 Å². The summed E-state index contributed by atoms with van der Waals surface area (Å²) in [5.74, 6) is -2.49. The molecule has 5 nitrogen and oxygen atoms in total. The lowest BCUT2D eigenvalue weighted by Crippen LogP contribution is -2.66. The van der Waals surface area contributed by atoms with Gasteiger partial charge < -0.3 is 10.2 Å². The first-order valence-corrected chi connectivity index (χ1v) is 13.4. The molecule has 1 saturated carbocycles. The van der Waals surface area contributed by atoms with Crippen molar-refractivity contribution in [1.82, 2.24) is 10.2 Å². The lowest BCUT2D eigenvalue weighted by Gasteiger charge is -2.35. The Hall–Kier alpha value is -2.64. The van der Waals surface area contributed by atoms with Crippen molar-refractivity contribution in [3.63, 3.8) is 0 Å². The van der Waals surface area contributed by atoms with Gasteiger partial charge in [-0.3, -0.25) is 14.4 Å². The Morgan fingerprint density at radius 3 is 2.38 bits per heavy atom. The number of amides is 2. The molecular weight excluding hydrogens is 481 g/mol. The first-order chi connectivity index (χ1) is 17.4. The maximum atomic E-state index is 14.9. The van der Waals surface area contributed by atoms with Crippen LogP contribution in [0, 0.1) is 11.3 Å². The van der Waals surface area contributed by atoms with E-state index in [1.807, 2.05) is 44.2 Å². The largest absolute Gasteiger partial charge is 0.425 e. The highest BCUT2D eigenvalue weighted by Gasteiger charge is 2.71. The number of hydrogen-bond donors (Lipinski definition) is 1. The van der Waals surface area contributed by atoms with Gasteiger partial charge in [0.15, 0.2) is 5.78 Å². The van der Waals surface area contributed by atoms with E-state index in [1.54, 1.807) is 0 Å². The maximum Gasteiger partial charge on any atom is 0.425 e. The molecule has 1 fully saturated rings. The van der Waals surface area contributed by atoms with Crippen molar-refractivity contribution in [3.8, 4) is 0 Å². The summed E-state index contributed by atoms with van der Waals surface area (Å²) in [6.45, 7) is 3.68. The molecule has 1 aromatic rings. The van der Waals surface area contributed by atoms with Crippen LogP contribution in [0.25, 0.3) is 0 Å². The number of carbonyl (C=O) groups is 3. The number of rotatable bonds is 8. The lowest BCUT2D eigenvalue weighted by molar-refractivity contribution is -0.194. The van der Waals surface area contributed by atoms with Gasteiger partial charge in [-0.25, -0.2) is 0 Å². The zero-order valence-electron chi connectivity index (χ0n) is 21.8. The zero-order chi connectivity index (χ0) is 26.8. The molecule has 4 rings (SSSR count). The van der Waals surface area contributed by atoms with Crippen LogP contribution in [0.4, 0.5) is 13.2 Å². The fraction of sp³-hybridized carbons (Fsp3) is 0.621. The summed E-state index contributed by atoms with van der Waals surface area (Å²) in [4.78, 5) is 41.0. The molecule has 1 atom stereocenters. The Labute approximate surface area is 216 Å². The molecule has 1 N–H and O–H groups in total. The molecular formula is C29H37F3N2O3. The summed E-state index contributed by atoms with van der Waals surface area (Å²) < 4.78 is 44.6. The van der Waals surface area contributed by atoms with Gasteiger partial charge in [0.05, 0.1) is 5.57 Å². The van der Waals surface area contributed by atoms with Gasteiger partial charge in [0.1, 0.15) is 0 Å². The van der Waals surface area contributed by atoms with Crippen LogP contribution in [0.5, 0.6) is 0 Å². The van der Waals surface area contributed by atoms with Crippen molar-refractivity contribution in [3.05, 3.63) is 47.2 Å². The van der Waals surface area contributed by atoms with Gasteiger partial charge in [0.2, 0.25) is 11.4 Å². The number of aryl methyl sites for hydroxylation is 1. The second kappa shape index (κ2) is 10.6. The number of benzene rings is 1. The van der Waals surface area contributed by atoms with Gasteiger partial charge in [-0.1, -0.05) is 76.3 Å². The summed E-state index contributed by atoms with van der Waals surface area (Å²) >= 11 is 0. The molecule has 1 aromatic carbocycles. The lowest BCUT2D eigenvalue weighted by atomic mass is 9.72. The van der Waals surface area contributed by atoms with E-state index >= 15 is 0 Å². The van der Waals surface area contributed by atoms with E-state index in [0.29, 0.717) is 25.2 Å². The van der Waals surface area contributed by atoms with E-state index in [-0.39, 0.29) is 31.5 Å². The Bertz CT molecular complexity index is 1060. The second-order valence-electron chi connectivity index (χ2n) is 11.6. The van der Waals surface area contributed by atoms with Crippen LogP contribution in [0.1, 0.15) is 83.6 Å². The van der Waals surface area contributed by atoms with Crippen LogP contribution >= 0.6 is 0 Å².